The smallest absolute Gasteiger partial charge is 0.225 e. The van der Waals surface area contributed by atoms with Gasteiger partial charge < -0.3 is 21.3 Å². The number of carbonyl (C=O) groups excluding carboxylic acids is 1. The van der Waals surface area contributed by atoms with Crippen LogP contribution in [-0.2, 0) is 11.2 Å². The Morgan fingerprint density at radius 1 is 1.43 bits per heavy atom. The van der Waals surface area contributed by atoms with Crippen LogP contribution in [0.15, 0.2) is 30.3 Å². The van der Waals surface area contributed by atoms with Crippen LogP contribution >= 0.6 is 0 Å². The molecule has 5 atom stereocenters. The molecule has 2 rings (SSSR count). The molecule has 1 saturated heterocycles. The third-order valence-corrected chi connectivity index (χ3v) is 4.87. The second-order valence-electron chi connectivity index (χ2n) is 6.18. The average molecular weight is 292 g/mol. The van der Waals surface area contributed by atoms with E-state index in [-0.39, 0.29) is 12.5 Å². The molecule has 1 aliphatic heterocycles. The van der Waals surface area contributed by atoms with E-state index in [9.17, 15) is 15.0 Å². The molecule has 5 unspecified atom stereocenters. The minimum absolute atomic E-state index is 0.0742. The number of carbonyl (C=O) groups is 1. The fraction of sp³-hybridized carbons (Fsp3) is 0.562. The molecule has 0 spiro atoms. The highest BCUT2D eigenvalue weighted by molar-refractivity contribution is 5.82. The van der Waals surface area contributed by atoms with Crippen molar-refractivity contribution in [3.05, 3.63) is 35.9 Å². The Morgan fingerprint density at radius 3 is 2.52 bits per heavy atom. The summed E-state index contributed by atoms with van der Waals surface area (Å²) in [5, 5.41) is 22.9. The number of benzene rings is 1. The molecule has 21 heavy (non-hydrogen) atoms. The first-order chi connectivity index (χ1) is 9.87. The molecular formula is C16H24N2O3. The summed E-state index contributed by atoms with van der Waals surface area (Å²) in [6, 6.07) is 9.33. The quantitative estimate of drug-likeness (QED) is 0.617. The minimum Gasteiger partial charge on any atom is -0.389 e. The number of rotatable bonds is 5. The lowest BCUT2D eigenvalue weighted by atomic mass is 9.68. The van der Waals surface area contributed by atoms with Gasteiger partial charge >= 0.3 is 0 Å². The monoisotopic (exact) mass is 292 g/mol. The molecule has 1 fully saturated rings. The molecule has 0 bridgehead atoms. The predicted octanol–water partition coefficient (Wildman–Crippen LogP) is 0.0504. The molecule has 1 aliphatic rings. The van der Waals surface area contributed by atoms with Gasteiger partial charge in [-0.1, -0.05) is 37.3 Å². The molecule has 0 aliphatic carbocycles. The summed E-state index contributed by atoms with van der Waals surface area (Å²) < 4.78 is 0. The predicted molar refractivity (Wildman–Crippen MR) is 80.4 cm³/mol. The van der Waals surface area contributed by atoms with Gasteiger partial charge in [0.15, 0.2) is 0 Å². The van der Waals surface area contributed by atoms with Crippen LogP contribution in [0.4, 0.5) is 0 Å². The lowest BCUT2D eigenvalue weighted by Gasteiger charge is -2.39. The Morgan fingerprint density at radius 2 is 2.05 bits per heavy atom. The number of aliphatic hydroxyl groups is 2. The van der Waals surface area contributed by atoms with Gasteiger partial charge in [0, 0.05) is 6.54 Å². The number of hydrogen-bond donors (Lipinski definition) is 4. The fourth-order valence-corrected chi connectivity index (χ4v) is 3.16. The van der Waals surface area contributed by atoms with Gasteiger partial charge in [0.25, 0.3) is 0 Å². The van der Waals surface area contributed by atoms with Crippen molar-refractivity contribution in [3.63, 3.8) is 0 Å². The first-order valence-corrected chi connectivity index (χ1v) is 7.30. The zero-order valence-electron chi connectivity index (χ0n) is 12.5. The van der Waals surface area contributed by atoms with Crippen molar-refractivity contribution in [3.8, 4) is 0 Å². The second-order valence-corrected chi connectivity index (χ2v) is 6.18. The maximum atomic E-state index is 12.1. The molecule has 0 radical (unpaired) electrons. The van der Waals surface area contributed by atoms with Crippen molar-refractivity contribution >= 4 is 5.91 Å². The Kier molecular flexibility index (Phi) is 4.66. The standard InChI is InChI=1S/C16H24N2O3/c1-10(8-11-6-4-3-5-7-11)16(2,15(17)21)14-13(20)12(19)9-18-14/h3-7,10,12-14,18-20H,8-9H2,1-2H3,(H2,17,21). The number of aliphatic hydroxyl groups excluding tert-OH is 2. The molecule has 1 aromatic rings. The van der Waals surface area contributed by atoms with Crippen molar-refractivity contribution in [2.75, 3.05) is 6.54 Å². The number of nitrogens with two attached hydrogens (primary N) is 1. The normalized spacial score (nSPS) is 29.8. The van der Waals surface area contributed by atoms with Crippen LogP contribution in [0.3, 0.4) is 0 Å². The highest BCUT2D eigenvalue weighted by Crippen LogP contribution is 2.37. The van der Waals surface area contributed by atoms with Crippen LogP contribution in [0.2, 0.25) is 0 Å². The van der Waals surface area contributed by atoms with E-state index in [1.165, 1.54) is 0 Å². The fourth-order valence-electron chi connectivity index (χ4n) is 3.16. The number of amides is 1. The lowest BCUT2D eigenvalue weighted by molar-refractivity contribution is -0.134. The zero-order valence-corrected chi connectivity index (χ0v) is 12.5. The van der Waals surface area contributed by atoms with Gasteiger partial charge in [0.1, 0.15) is 0 Å². The molecule has 5 heteroatoms. The van der Waals surface area contributed by atoms with E-state index in [0.717, 1.165) is 5.56 Å². The maximum absolute atomic E-state index is 12.1. The van der Waals surface area contributed by atoms with Crippen molar-refractivity contribution in [1.29, 1.82) is 0 Å². The Labute approximate surface area is 125 Å². The third-order valence-electron chi connectivity index (χ3n) is 4.87. The molecule has 116 valence electrons. The summed E-state index contributed by atoms with van der Waals surface area (Å²) in [6.07, 6.45) is -1.17. The van der Waals surface area contributed by atoms with Crippen LogP contribution < -0.4 is 11.1 Å². The molecule has 0 aromatic heterocycles. The van der Waals surface area contributed by atoms with Crippen molar-refractivity contribution in [2.24, 2.45) is 17.1 Å². The Bertz CT molecular complexity index is 494. The molecule has 5 N–H and O–H groups in total. The highest BCUT2D eigenvalue weighted by Gasteiger charge is 2.51. The number of β-amino-alcohol motifs (C(OH)–C–C–N with tert-alkyl or cyclic N) is 1. The van der Waals surface area contributed by atoms with Gasteiger partial charge in [0.05, 0.1) is 23.7 Å². The van der Waals surface area contributed by atoms with E-state index in [1.54, 1.807) is 6.92 Å². The van der Waals surface area contributed by atoms with Crippen LogP contribution in [0.25, 0.3) is 0 Å². The number of hydrogen-bond acceptors (Lipinski definition) is 4. The van der Waals surface area contributed by atoms with E-state index in [4.69, 9.17) is 5.73 Å². The molecular weight excluding hydrogens is 268 g/mol. The summed E-state index contributed by atoms with van der Waals surface area (Å²) in [5.41, 5.74) is 5.82. The third kappa shape index (κ3) is 2.95. The summed E-state index contributed by atoms with van der Waals surface area (Å²) in [7, 11) is 0. The van der Waals surface area contributed by atoms with Gasteiger partial charge in [-0.25, -0.2) is 0 Å². The van der Waals surface area contributed by atoms with Crippen molar-refractivity contribution in [2.45, 2.75) is 38.5 Å². The first kappa shape index (κ1) is 15.9. The van der Waals surface area contributed by atoms with E-state index in [0.29, 0.717) is 6.42 Å². The van der Waals surface area contributed by atoms with E-state index in [2.05, 4.69) is 5.32 Å². The van der Waals surface area contributed by atoms with E-state index < -0.39 is 29.6 Å². The molecule has 1 aromatic carbocycles. The largest absolute Gasteiger partial charge is 0.389 e. The van der Waals surface area contributed by atoms with Gasteiger partial charge in [-0.2, -0.15) is 0 Å². The first-order valence-electron chi connectivity index (χ1n) is 7.30. The number of nitrogens with one attached hydrogen (secondary N) is 1. The summed E-state index contributed by atoms with van der Waals surface area (Å²) in [5.74, 6) is -0.536. The summed E-state index contributed by atoms with van der Waals surface area (Å²) in [6.45, 7) is 3.99. The van der Waals surface area contributed by atoms with E-state index >= 15 is 0 Å². The van der Waals surface area contributed by atoms with Crippen molar-refractivity contribution in [1.82, 2.24) is 5.32 Å². The Balaban J connectivity index is 2.23. The molecule has 0 saturated carbocycles. The van der Waals surface area contributed by atoms with Crippen LogP contribution in [0.1, 0.15) is 19.4 Å². The molecule has 1 amide bonds. The second kappa shape index (κ2) is 6.13. The number of primary amides is 1. The van der Waals surface area contributed by atoms with Gasteiger partial charge in [-0.05, 0) is 24.8 Å². The topological polar surface area (TPSA) is 95.6 Å². The van der Waals surface area contributed by atoms with Crippen LogP contribution in [0, 0.1) is 11.3 Å². The summed E-state index contributed by atoms with van der Waals surface area (Å²) >= 11 is 0. The van der Waals surface area contributed by atoms with Gasteiger partial charge in [0.2, 0.25) is 5.91 Å². The van der Waals surface area contributed by atoms with Crippen molar-refractivity contribution < 1.29 is 15.0 Å². The lowest BCUT2D eigenvalue weighted by Crippen LogP contribution is -2.57. The van der Waals surface area contributed by atoms with Crippen LogP contribution in [0.5, 0.6) is 0 Å². The SMILES string of the molecule is CC(Cc1ccccc1)C(C)(C(N)=O)C1NCC(O)C1O. The van der Waals surface area contributed by atoms with Gasteiger partial charge in [-0.3, -0.25) is 4.79 Å². The Hall–Kier alpha value is -1.43. The zero-order chi connectivity index (χ0) is 15.6. The van der Waals surface area contributed by atoms with Gasteiger partial charge in [-0.15, -0.1) is 0 Å². The molecule has 5 nitrogen and oxygen atoms in total. The maximum Gasteiger partial charge on any atom is 0.225 e. The highest BCUT2D eigenvalue weighted by atomic mass is 16.3. The molecule has 1 heterocycles. The summed E-state index contributed by atoms with van der Waals surface area (Å²) in [4.78, 5) is 12.1. The van der Waals surface area contributed by atoms with Crippen LogP contribution in [-0.4, -0.2) is 40.9 Å². The van der Waals surface area contributed by atoms with E-state index in [1.807, 2.05) is 37.3 Å². The minimum atomic E-state index is -0.985. The average Bonchev–Trinajstić information content (AvgIpc) is 2.79.